The summed E-state index contributed by atoms with van der Waals surface area (Å²) in [6.07, 6.45) is 2.04. The van der Waals surface area contributed by atoms with Crippen molar-refractivity contribution in [2.75, 3.05) is 6.54 Å². The minimum atomic E-state index is -0.624. The lowest BCUT2D eigenvalue weighted by Gasteiger charge is -2.28. The molecule has 23 heavy (non-hydrogen) atoms. The molecular formula is C16H14ClN3O3. The maximum Gasteiger partial charge on any atom is 0.276 e. The average molecular weight is 332 g/mol. The number of aromatic nitrogens is 1. The number of hydrogen-bond acceptors (Lipinski definition) is 4. The minimum absolute atomic E-state index is 0.0932. The summed E-state index contributed by atoms with van der Waals surface area (Å²) in [4.78, 5) is 30.0. The number of pyridine rings is 1. The van der Waals surface area contributed by atoms with Gasteiger partial charge in [0.05, 0.1) is 5.56 Å². The van der Waals surface area contributed by atoms with Crippen molar-refractivity contribution in [1.29, 1.82) is 0 Å². The van der Waals surface area contributed by atoms with Crippen LogP contribution in [0.2, 0.25) is 5.02 Å². The largest absolute Gasteiger partial charge is 0.334 e. The molecule has 1 aromatic carbocycles. The Bertz CT molecular complexity index is 762. The van der Waals surface area contributed by atoms with Crippen molar-refractivity contribution >= 4 is 23.4 Å². The van der Waals surface area contributed by atoms with Crippen LogP contribution >= 0.6 is 11.6 Å². The van der Waals surface area contributed by atoms with Crippen molar-refractivity contribution in [3.05, 3.63) is 63.9 Å². The van der Waals surface area contributed by atoms with E-state index in [9.17, 15) is 9.59 Å². The molecule has 0 fully saturated rings. The highest BCUT2D eigenvalue weighted by atomic mass is 35.5. The summed E-state index contributed by atoms with van der Waals surface area (Å²) < 4.78 is 0. The van der Waals surface area contributed by atoms with Crippen molar-refractivity contribution < 1.29 is 14.8 Å². The number of amides is 2. The van der Waals surface area contributed by atoms with E-state index in [-0.39, 0.29) is 11.5 Å². The first-order chi connectivity index (χ1) is 11.1. The Balaban J connectivity index is 1.82. The van der Waals surface area contributed by atoms with Crippen molar-refractivity contribution in [3.63, 3.8) is 0 Å². The summed E-state index contributed by atoms with van der Waals surface area (Å²) in [7, 11) is 0. The van der Waals surface area contributed by atoms with E-state index >= 15 is 0 Å². The Morgan fingerprint density at radius 1 is 1.22 bits per heavy atom. The third kappa shape index (κ3) is 3.18. The van der Waals surface area contributed by atoms with Crippen LogP contribution < -0.4 is 5.48 Å². The second-order valence-electron chi connectivity index (χ2n) is 5.25. The molecule has 1 aromatic heterocycles. The number of nitrogens with one attached hydrogen (secondary N) is 1. The Kier molecular flexibility index (Phi) is 4.27. The van der Waals surface area contributed by atoms with E-state index in [4.69, 9.17) is 16.8 Å². The van der Waals surface area contributed by atoms with Gasteiger partial charge in [-0.15, -0.1) is 0 Å². The fraction of sp³-hybridized carbons (Fsp3) is 0.188. The maximum absolute atomic E-state index is 12.5. The van der Waals surface area contributed by atoms with E-state index in [1.54, 1.807) is 40.7 Å². The Labute approximate surface area is 137 Å². The highest BCUT2D eigenvalue weighted by Gasteiger charge is 2.23. The zero-order valence-electron chi connectivity index (χ0n) is 12.1. The standard InChI is InChI=1S/C16H14ClN3O3/c17-13-3-1-10(2-4-13)16(22)20-6-5-14-12(9-20)7-11(8-18-14)15(21)19-23/h1-4,7-8,23H,5-6,9H2,(H,19,21). The third-order valence-electron chi connectivity index (χ3n) is 3.78. The predicted octanol–water partition coefficient (Wildman–Crippen LogP) is 2.05. The molecule has 3 rings (SSSR count). The molecule has 1 aliphatic rings. The number of benzene rings is 1. The molecule has 0 radical (unpaired) electrons. The normalized spacial score (nSPS) is 13.4. The van der Waals surface area contributed by atoms with Crippen molar-refractivity contribution in [2.24, 2.45) is 0 Å². The van der Waals surface area contributed by atoms with E-state index in [1.165, 1.54) is 6.20 Å². The van der Waals surface area contributed by atoms with Crippen molar-refractivity contribution in [3.8, 4) is 0 Å². The van der Waals surface area contributed by atoms with Gasteiger partial charge in [0, 0.05) is 42.0 Å². The van der Waals surface area contributed by atoms with Crippen LogP contribution in [0.4, 0.5) is 0 Å². The predicted molar refractivity (Wildman–Crippen MR) is 83.4 cm³/mol. The lowest BCUT2D eigenvalue weighted by Crippen LogP contribution is -2.36. The summed E-state index contributed by atoms with van der Waals surface area (Å²) in [5.41, 5.74) is 4.07. The van der Waals surface area contributed by atoms with E-state index in [0.717, 1.165) is 11.3 Å². The molecule has 2 heterocycles. The maximum atomic E-state index is 12.5. The van der Waals surface area contributed by atoms with Gasteiger partial charge in [-0.2, -0.15) is 0 Å². The fourth-order valence-corrected chi connectivity index (χ4v) is 2.69. The zero-order valence-corrected chi connectivity index (χ0v) is 12.9. The number of hydroxylamine groups is 1. The lowest BCUT2D eigenvalue weighted by molar-refractivity contribution is 0.0705. The van der Waals surface area contributed by atoms with Gasteiger partial charge in [-0.25, -0.2) is 5.48 Å². The van der Waals surface area contributed by atoms with E-state index < -0.39 is 5.91 Å². The molecule has 118 valence electrons. The van der Waals surface area contributed by atoms with E-state index in [0.29, 0.717) is 30.1 Å². The second-order valence-corrected chi connectivity index (χ2v) is 5.69. The second kappa shape index (κ2) is 6.36. The number of halogens is 1. The molecule has 6 nitrogen and oxygen atoms in total. The van der Waals surface area contributed by atoms with Crippen molar-refractivity contribution in [2.45, 2.75) is 13.0 Å². The molecule has 7 heteroatoms. The quantitative estimate of drug-likeness (QED) is 0.652. The molecule has 0 saturated heterocycles. The van der Waals surface area contributed by atoms with Crippen LogP contribution in [0.1, 0.15) is 32.0 Å². The summed E-state index contributed by atoms with van der Waals surface area (Å²) in [5, 5.41) is 9.28. The van der Waals surface area contributed by atoms with E-state index in [1.807, 2.05) is 0 Å². The van der Waals surface area contributed by atoms with Gasteiger partial charge in [0.2, 0.25) is 0 Å². The van der Waals surface area contributed by atoms with Crippen LogP contribution in [-0.4, -0.2) is 33.5 Å². The van der Waals surface area contributed by atoms with Gasteiger partial charge in [0.15, 0.2) is 0 Å². The van der Waals surface area contributed by atoms with Crippen LogP contribution in [-0.2, 0) is 13.0 Å². The first-order valence-corrected chi connectivity index (χ1v) is 7.43. The number of fused-ring (bicyclic) bond motifs is 1. The highest BCUT2D eigenvalue weighted by molar-refractivity contribution is 6.30. The van der Waals surface area contributed by atoms with Gasteiger partial charge in [-0.1, -0.05) is 11.6 Å². The number of carbonyl (C=O) groups is 2. The summed E-state index contributed by atoms with van der Waals surface area (Å²) >= 11 is 5.84. The van der Waals surface area contributed by atoms with Gasteiger partial charge >= 0.3 is 0 Å². The molecule has 2 aromatic rings. The van der Waals surface area contributed by atoms with Crippen molar-refractivity contribution in [1.82, 2.24) is 15.4 Å². The van der Waals surface area contributed by atoms with Crippen LogP contribution in [0.5, 0.6) is 0 Å². The van der Waals surface area contributed by atoms with Gasteiger partial charge in [-0.3, -0.25) is 19.8 Å². The minimum Gasteiger partial charge on any atom is -0.334 e. The van der Waals surface area contributed by atoms with Crippen LogP contribution in [0, 0.1) is 0 Å². The molecule has 0 bridgehead atoms. The molecule has 0 spiro atoms. The summed E-state index contributed by atoms with van der Waals surface area (Å²) in [6, 6.07) is 8.38. The fourth-order valence-electron chi connectivity index (χ4n) is 2.56. The Morgan fingerprint density at radius 2 is 1.96 bits per heavy atom. The van der Waals surface area contributed by atoms with Gasteiger partial charge in [-0.05, 0) is 35.9 Å². The number of nitrogens with zero attached hydrogens (tertiary/aromatic N) is 2. The van der Waals surface area contributed by atoms with Gasteiger partial charge in [0.25, 0.3) is 11.8 Å². The van der Waals surface area contributed by atoms with Crippen LogP contribution in [0.25, 0.3) is 0 Å². The highest BCUT2D eigenvalue weighted by Crippen LogP contribution is 2.21. The number of hydrogen-bond donors (Lipinski definition) is 2. The van der Waals surface area contributed by atoms with Gasteiger partial charge < -0.3 is 4.90 Å². The molecule has 1 aliphatic heterocycles. The third-order valence-corrected chi connectivity index (χ3v) is 4.03. The molecule has 2 N–H and O–H groups in total. The molecular weight excluding hydrogens is 318 g/mol. The number of rotatable bonds is 2. The average Bonchev–Trinajstić information content (AvgIpc) is 2.60. The first kappa shape index (κ1) is 15.5. The van der Waals surface area contributed by atoms with Gasteiger partial charge in [0.1, 0.15) is 0 Å². The monoisotopic (exact) mass is 331 g/mol. The zero-order chi connectivity index (χ0) is 16.4. The van der Waals surface area contributed by atoms with Crippen LogP contribution in [0.15, 0.2) is 36.5 Å². The summed E-state index contributed by atoms with van der Waals surface area (Å²) in [6.45, 7) is 0.934. The molecule has 0 unspecified atom stereocenters. The topological polar surface area (TPSA) is 82.5 Å². The number of carbonyl (C=O) groups excluding carboxylic acids is 2. The Hall–Kier alpha value is -2.44. The van der Waals surface area contributed by atoms with E-state index in [2.05, 4.69) is 4.98 Å². The molecule has 0 aliphatic carbocycles. The smallest absolute Gasteiger partial charge is 0.276 e. The molecule has 2 amide bonds. The molecule has 0 saturated carbocycles. The van der Waals surface area contributed by atoms with Crippen LogP contribution in [0.3, 0.4) is 0 Å². The first-order valence-electron chi connectivity index (χ1n) is 7.05. The molecule has 0 atom stereocenters. The SMILES string of the molecule is O=C(NO)c1cnc2c(c1)CN(C(=O)c1ccc(Cl)cc1)CC2. The lowest BCUT2D eigenvalue weighted by atomic mass is 10.0. The Morgan fingerprint density at radius 3 is 2.65 bits per heavy atom. The summed E-state index contributed by atoms with van der Waals surface area (Å²) in [5.74, 6) is -0.717.